The van der Waals surface area contributed by atoms with E-state index >= 15 is 0 Å². The van der Waals surface area contributed by atoms with Crippen LogP contribution in [0.1, 0.15) is 5.56 Å². The van der Waals surface area contributed by atoms with Gasteiger partial charge >= 0.3 is 0 Å². The van der Waals surface area contributed by atoms with E-state index in [2.05, 4.69) is 15.2 Å². The third-order valence-corrected chi connectivity index (χ3v) is 2.60. The lowest BCUT2D eigenvalue weighted by Crippen LogP contribution is -2.15. The van der Waals surface area contributed by atoms with Crippen molar-refractivity contribution in [2.45, 2.75) is 0 Å². The Morgan fingerprint density at radius 1 is 1.41 bits per heavy atom. The Balaban J connectivity index is 2.52. The molecular formula is C11H9N5O. The van der Waals surface area contributed by atoms with Crippen molar-refractivity contribution in [3.05, 3.63) is 46.4 Å². The maximum Gasteiger partial charge on any atom is 0.280 e. The van der Waals surface area contributed by atoms with Gasteiger partial charge in [-0.05, 0) is 12.1 Å². The second kappa shape index (κ2) is 3.44. The van der Waals surface area contributed by atoms with Crippen LogP contribution < -0.4 is 11.4 Å². The van der Waals surface area contributed by atoms with Gasteiger partial charge in [-0.2, -0.15) is 5.10 Å². The molecule has 0 spiro atoms. The molecule has 0 amide bonds. The third-order valence-electron chi connectivity index (χ3n) is 2.60. The van der Waals surface area contributed by atoms with Gasteiger partial charge in [0.1, 0.15) is 0 Å². The minimum atomic E-state index is -0.137. The number of benzene rings is 1. The zero-order chi connectivity index (χ0) is 11.8. The number of H-pyrrole nitrogens is 1. The van der Waals surface area contributed by atoms with Crippen LogP contribution in [0.4, 0.5) is 0 Å². The van der Waals surface area contributed by atoms with Gasteiger partial charge in [0, 0.05) is 6.20 Å². The third kappa shape index (κ3) is 1.31. The zero-order valence-corrected chi connectivity index (χ0v) is 8.79. The monoisotopic (exact) mass is 227 g/mol. The van der Waals surface area contributed by atoms with Gasteiger partial charge < -0.3 is 5.84 Å². The molecule has 0 atom stereocenters. The van der Waals surface area contributed by atoms with E-state index in [0.29, 0.717) is 22.1 Å². The molecule has 0 fully saturated rings. The standard InChI is InChI=1S/C11H9N5O/c12-13-5-7-6-14-16-10(7)15-9-4-2-1-3-8(9)11(16)17/h1-6,14H,12H2/b13-5+. The summed E-state index contributed by atoms with van der Waals surface area (Å²) in [5.41, 5.74) is 1.71. The summed E-state index contributed by atoms with van der Waals surface area (Å²) in [7, 11) is 0. The van der Waals surface area contributed by atoms with Crippen molar-refractivity contribution in [2.75, 3.05) is 0 Å². The van der Waals surface area contributed by atoms with E-state index in [-0.39, 0.29) is 5.56 Å². The van der Waals surface area contributed by atoms with Gasteiger partial charge in [-0.3, -0.25) is 9.89 Å². The number of aromatic nitrogens is 3. The highest BCUT2D eigenvalue weighted by Gasteiger charge is 2.08. The highest BCUT2D eigenvalue weighted by Crippen LogP contribution is 2.10. The van der Waals surface area contributed by atoms with Crippen molar-refractivity contribution in [1.29, 1.82) is 0 Å². The van der Waals surface area contributed by atoms with Crippen LogP contribution in [-0.4, -0.2) is 20.8 Å². The predicted octanol–water partition coefficient (Wildman–Crippen LogP) is 0.468. The molecule has 0 aliphatic rings. The lowest BCUT2D eigenvalue weighted by Gasteiger charge is -1.98. The summed E-state index contributed by atoms with van der Waals surface area (Å²) >= 11 is 0. The van der Waals surface area contributed by atoms with Gasteiger partial charge in [0.15, 0.2) is 5.65 Å². The van der Waals surface area contributed by atoms with Crippen molar-refractivity contribution in [2.24, 2.45) is 10.9 Å². The van der Waals surface area contributed by atoms with Gasteiger partial charge in [0.25, 0.3) is 5.56 Å². The summed E-state index contributed by atoms with van der Waals surface area (Å²) < 4.78 is 1.37. The molecule has 0 saturated carbocycles. The Labute approximate surface area is 95.4 Å². The number of para-hydroxylation sites is 1. The van der Waals surface area contributed by atoms with Crippen LogP contribution in [0.5, 0.6) is 0 Å². The quantitative estimate of drug-likeness (QED) is 0.360. The maximum atomic E-state index is 12.1. The maximum absolute atomic E-state index is 12.1. The Bertz CT molecular complexity index is 783. The van der Waals surface area contributed by atoms with E-state index in [1.807, 2.05) is 12.1 Å². The summed E-state index contributed by atoms with van der Waals surface area (Å²) in [6, 6.07) is 7.19. The van der Waals surface area contributed by atoms with Crippen LogP contribution in [0.15, 0.2) is 40.4 Å². The fourth-order valence-corrected chi connectivity index (χ4v) is 1.82. The van der Waals surface area contributed by atoms with Crippen molar-refractivity contribution < 1.29 is 0 Å². The summed E-state index contributed by atoms with van der Waals surface area (Å²) in [5, 5.41) is 6.84. The molecule has 2 aromatic heterocycles. The topological polar surface area (TPSA) is 88.5 Å². The van der Waals surface area contributed by atoms with E-state index in [0.717, 1.165) is 0 Å². The molecule has 0 saturated heterocycles. The number of hydrazone groups is 1. The molecule has 3 rings (SSSR count). The molecule has 0 radical (unpaired) electrons. The number of fused-ring (bicyclic) bond motifs is 2. The van der Waals surface area contributed by atoms with Crippen LogP contribution in [0.3, 0.4) is 0 Å². The molecule has 1 aromatic carbocycles. The van der Waals surface area contributed by atoms with Crippen LogP contribution >= 0.6 is 0 Å². The number of hydrogen-bond acceptors (Lipinski definition) is 4. The first-order chi connectivity index (χ1) is 8.31. The first-order valence-corrected chi connectivity index (χ1v) is 5.03. The molecule has 0 unspecified atom stereocenters. The second-order valence-electron chi connectivity index (χ2n) is 3.60. The number of nitrogens with two attached hydrogens (primary N) is 1. The van der Waals surface area contributed by atoms with Crippen LogP contribution in [0.2, 0.25) is 0 Å². The fourth-order valence-electron chi connectivity index (χ4n) is 1.82. The average Bonchev–Trinajstić information content (AvgIpc) is 2.74. The van der Waals surface area contributed by atoms with Crippen LogP contribution in [0.25, 0.3) is 16.6 Å². The minimum absolute atomic E-state index is 0.137. The van der Waals surface area contributed by atoms with E-state index in [1.165, 1.54) is 10.7 Å². The number of nitrogens with one attached hydrogen (secondary N) is 1. The molecule has 84 valence electrons. The SMILES string of the molecule is N/N=C/c1c[nH]n2c(=O)c3ccccc3nc12. The summed E-state index contributed by atoms with van der Waals surface area (Å²) in [6.45, 7) is 0. The molecule has 0 aliphatic carbocycles. The summed E-state index contributed by atoms with van der Waals surface area (Å²) in [5.74, 6) is 5.10. The van der Waals surface area contributed by atoms with E-state index < -0.39 is 0 Å². The van der Waals surface area contributed by atoms with Gasteiger partial charge in [0.05, 0.1) is 22.7 Å². The molecular weight excluding hydrogens is 218 g/mol. The summed E-state index contributed by atoms with van der Waals surface area (Å²) in [6.07, 6.45) is 3.09. The number of rotatable bonds is 1. The molecule has 17 heavy (non-hydrogen) atoms. The van der Waals surface area contributed by atoms with E-state index in [9.17, 15) is 4.79 Å². The van der Waals surface area contributed by atoms with Crippen LogP contribution in [-0.2, 0) is 0 Å². The number of aromatic amines is 1. The van der Waals surface area contributed by atoms with Crippen LogP contribution in [0, 0.1) is 0 Å². The van der Waals surface area contributed by atoms with E-state index in [1.54, 1.807) is 18.3 Å². The Morgan fingerprint density at radius 2 is 2.24 bits per heavy atom. The number of hydrogen-bond donors (Lipinski definition) is 2. The molecule has 2 heterocycles. The van der Waals surface area contributed by atoms with Gasteiger partial charge in [0.2, 0.25) is 0 Å². The first-order valence-electron chi connectivity index (χ1n) is 5.03. The smallest absolute Gasteiger partial charge is 0.280 e. The molecule has 3 aromatic rings. The van der Waals surface area contributed by atoms with Crippen molar-refractivity contribution in [3.8, 4) is 0 Å². The minimum Gasteiger partial charge on any atom is -0.323 e. The predicted molar refractivity (Wildman–Crippen MR) is 65.1 cm³/mol. The first kappa shape index (κ1) is 9.59. The van der Waals surface area contributed by atoms with Gasteiger partial charge in [-0.25, -0.2) is 9.50 Å². The number of nitrogens with zero attached hydrogens (tertiary/aromatic N) is 3. The van der Waals surface area contributed by atoms with Crippen molar-refractivity contribution in [3.63, 3.8) is 0 Å². The Morgan fingerprint density at radius 3 is 3.06 bits per heavy atom. The zero-order valence-electron chi connectivity index (χ0n) is 8.79. The molecule has 0 bridgehead atoms. The highest BCUT2D eigenvalue weighted by atomic mass is 16.1. The lowest BCUT2D eigenvalue weighted by molar-refractivity contribution is 0.915. The fraction of sp³-hybridized carbons (Fsp3) is 0. The Kier molecular flexibility index (Phi) is 1.94. The second-order valence-corrected chi connectivity index (χ2v) is 3.60. The normalized spacial score (nSPS) is 11.8. The van der Waals surface area contributed by atoms with Crippen molar-refractivity contribution >= 4 is 22.8 Å². The average molecular weight is 227 g/mol. The molecule has 3 N–H and O–H groups in total. The summed E-state index contributed by atoms with van der Waals surface area (Å²) in [4.78, 5) is 16.5. The van der Waals surface area contributed by atoms with Gasteiger partial charge in [-0.15, -0.1) is 0 Å². The van der Waals surface area contributed by atoms with Crippen molar-refractivity contribution in [1.82, 2.24) is 14.6 Å². The highest BCUT2D eigenvalue weighted by molar-refractivity contribution is 5.89. The lowest BCUT2D eigenvalue weighted by atomic mass is 10.2. The van der Waals surface area contributed by atoms with E-state index in [4.69, 9.17) is 5.84 Å². The Hall–Kier alpha value is -2.63. The molecule has 0 aliphatic heterocycles. The van der Waals surface area contributed by atoms with Gasteiger partial charge in [-0.1, -0.05) is 12.1 Å². The largest absolute Gasteiger partial charge is 0.323 e. The molecule has 6 heteroatoms. The molecule has 6 nitrogen and oxygen atoms in total.